The van der Waals surface area contributed by atoms with Gasteiger partial charge in [0.05, 0.1) is 12.8 Å². The number of amides is 1. The van der Waals surface area contributed by atoms with Gasteiger partial charge in [0.25, 0.3) is 5.91 Å². The van der Waals surface area contributed by atoms with Crippen LogP contribution >= 0.6 is 24.8 Å². The van der Waals surface area contributed by atoms with Crippen LogP contribution in [0.1, 0.15) is 10.4 Å². The normalized spacial score (nSPS) is 10.3. The lowest BCUT2D eigenvalue weighted by atomic mass is 10.1. The minimum atomic E-state index is -1.90. The lowest BCUT2D eigenvalue weighted by Crippen LogP contribution is -2.35. The molecule has 4 nitrogen and oxygen atoms in total. The van der Waals surface area contributed by atoms with Gasteiger partial charge in [-0.1, -0.05) is 12.1 Å². The van der Waals surface area contributed by atoms with Gasteiger partial charge in [0.1, 0.15) is 5.56 Å². The van der Waals surface area contributed by atoms with E-state index >= 15 is 0 Å². The Kier molecular flexibility index (Phi) is 5.85. The van der Waals surface area contributed by atoms with E-state index in [0.717, 1.165) is 7.11 Å². The highest BCUT2D eigenvalue weighted by Crippen LogP contribution is 2.29. The van der Waals surface area contributed by atoms with Gasteiger partial charge in [0, 0.05) is 4.90 Å². The molecule has 0 saturated heterocycles. The number of nitrogens with one attached hydrogen (secondary N) is 2. The zero-order valence-corrected chi connectivity index (χ0v) is 14.2. The SMILES string of the molecule is COc1c(F)c(F)c(C(=O)NC(=S)Nc2ccccc2S)c(F)c1F. The molecule has 2 aromatic carbocycles. The first kappa shape index (κ1) is 19.0. The number of hydrogen-bond acceptors (Lipinski definition) is 4. The van der Waals surface area contributed by atoms with Crippen LogP contribution < -0.4 is 15.4 Å². The molecule has 0 saturated carbocycles. The first-order valence-corrected chi connectivity index (χ1v) is 7.43. The van der Waals surface area contributed by atoms with Crippen LogP contribution in [0.25, 0.3) is 0 Å². The molecular weight excluding hydrogens is 380 g/mol. The van der Waals surface area contributed by atoms with Crippen molar-refractivity contribution in [3.8, 4) is 5.75 Å². The van der Waals surface area contributed by atoms with Gasteiger partial charge < -0.3 is 10.1 Å². The second-order valence-corrected chi connectivity index (χ2v) is 5.48. The Bertz CT molecular complexity index is 833. The molecule has 2 N–H and O–H groups in total. The Morgan fingerprint density at radius 3 is 2.16 bits per heavy atom. The van der Waals surface area contributed by atoms with E-state index in [4.69, 9.17) is 12.2 Å². The number of rotatable bonds is 3. The molecule has 0 radical (unpaired) electrons. The maximum absolute atomic E-state index is 13.9. The summed E-state index contributed by atoms with van der Waals surface area (Å²) in [5.74, 6) is -10.2. The monoisotopic (exact) mass is 390 g/mol. The minimum Gasteiger partial charge on any atom is -0.491 e. The van der Waals surface area contributed by atoms with Crippen molar-refractivity contribution in [2.75, 3.05) is 12.4 Å². The molecule has 0 aromatic heterocycles. The number of benzene rings is 2. The van der Waals surface area contributed by atoms with Crippen LogP contribution in [0, 0.1) is 23.3 Å². The van der Waals surface area contributed by atoms with Crippen LogP contribution in [-0.2, 0) is 0 Å². The summed E-state index contributed by atoms with van der Waals surface area (Å²) < 4.78 is 59.3. The molecule has 2 rings (SSSR count). The van der Waals surface area contributed by atoms with Gasteiger partial charge in [-0.25, -0.2) is 8.78 Å². The zero-order chi connectivity index (χ0) is 18.7. The molecule has 0 fully saturated rings. The third kappa shape index (κ3) is 3.85. The summed E-state index contributed by atoms with van der Waals surface area (Å²) in [6.07, 6.45) is 0. The van der Waals surface area contributed by atoms with E-state index in [1.807, 2.05) is 5.32 Å². The Balaban J connectivity index is 2.27. The number of thiol groups is 1. The van der Waals surface area contributed by atoms with E-state index < -0.39 is 40.5 Å². The number of para-hydroxylation sites is 1. The number of thiocarbonyl (C=S) groups is 1. The molecule has 25 heavy (non-hydrogen) atoms. The van der Waals surface area contributed by atoms with E-state index in [2.05, 4.69) is 22.7 Å². The van der Waals surface area contributed by atoms with Gasteiger partial charge >= 0.3 is 0 Å². The largest absolute Gasteiger partial charge is 0.491 e. The second kappa shape index (κ2) is 7.70. The molecule has 0 spiro atoms. The number of carbonyl (C=O) groups excluding carboxylic acids is 1. The van der Waals surface area contributed by atoms with E-state index in [1.54, 1.807) is 24.3 Å². The fourth-order valence-electron chi connectivity index (χ4n) is 1.89. The van der Waals surface area contributed by atoms with Crippen molar-refractivity contribution in [1.82, 2.24) is 5.32 Å². The second-order valence-electron chi connectivity index (χ2n) is 4.59. The highest BCUT2D eigenvalue weighted by atomic mass is 32.1. The smallest absolute Gasteiger partial charge is 0.263 e. The number of methoxy groups -OCH3 is 1. The summed E-state index contributed by atoms with van der Waals surface area (Å²) in [5.41, 5.74) is -1.05. The molecule has 0 aliphatic heterocycles. The lowest BCUT2D eigenvalue weighted by Gasteiger charge is -2.13. The van der Waals surface area contributed by atoms with E-state index in [9.17, 15) is 22.4 Å². The van der Waals surface area contributed by atoms with Crippen LogP contribution in [0.4, 0.5) is 23.2 Å². The molecule has 0 bridgehead atoms. The van der Waals surface area contributed by atoms with E-state index in [1.165, 1.54) is 0 Å². The van der Waals surface area contributed by atoms with Gasteiger partial charge in [-0.15, -0.1) is 12.6 Å². The number of hydrogen-bond donors (Lipinski definition) is 3. The van der Waals surface area contributed by atoms with E-state index in [0.29, 0.717) is 10.6 Å². The summed E-state index contributed by atoms with van der Waals surface area (Å²) in [6, 6.07) is 6.56. The lowest BCUT2D eigenvalue weighted by molar-refractivity contribution is 0.0966. The van der Waals surface area contributed by atoms with Crippen LogP contribution in [0.3, 0.4) is 0 Å². The van der Waals surface area contributed by atoms with Crippen LogP contribution in [0.2, 0.25) is 0 Å². The number of carbonyl (C=O) groups is 1. The van der Waals surface area contributed by atoms with Crippen molar-refractivity contribution in [3.63, 3.8) is 0 Å². The van der Waals surface area contributed by atoms with Crippen LogP contribution in [0.15, 0.2) is 29.2 Å². The topological polar surface area (TPSA) is 50.4 Å². The van der Waals surface area contributed by atoms with Crippen molar-refractivity contribution in [2.45, 2.75) is 4.90 Å². The Morgan fingerprint density at radius 2 is 1.64 bits per heavy atom. The average Bonchev–Trinajstić information content (AvgIpc) is 2.56. The third-order valence-electron chi connectivity index (χ3n) is 3.03. The van der Waals surface area contributed by atoms with Gasteiger partial charge in [-0.3, -0.25) is 10.1 Å². The maximum atomic E-state index is 13.9. The maximum Gasteiger partial charge on any atom is 0.263 e. The molecule has 0 aliphatic rings. The van der Waals surface area contributed by atoms with Crippen molar-refractivity contribution < 1.29 is 27.1 Å². The van der Waals surface area contributed by atoms with E-state index in [-0.39, 0.29) is 5.11 Å². The summed E-state index contributed by atoms with van der Waals surface area (Å²) in [4.78, 5) is 12.4. The first-order chi connectivity index (χ1) is 11.8. The number of anilines is 1. The molecule has 1 amide bonds. The van der Waals surface area contributed by atoms with Crippen LogP contribution in [-0.4, -0.2) is 18.1 Å². The first-order valence-electron chi connectivity index (χ1n) is 6.58. The molecule has 0 unspecified atom stereocenters. The van der Waals surface area contributed by atoms with Crippen molar-refractivity contribution in [2.24, 2.45) is 0 Å². The summed E-state index contributed by atoms with van der Waals surface area (Å²) in [6.45, 7) is 0. The van der Waals surface area contributed by atoms with Gasteiger partial charge in [-0.2, -0.15) is 8.78 Å². The third-order valence-corrected chi connectivity index (χ3v) is 3.63. The highest BCUT2D eigenvalue weighted by molar-refractivity contribution is 7.81. The molecular formula is C15H10F4N2O2S2. The summed E-state index contributed by atoms with van der Waals surface area (Å²) in [7, 11) is 0.827. The fourth-order valence-corrected chi connectivity index (χ4v) is 2.31. The Morgan fingerprint density at radius 1 is 1.08 bits per heavy atom. The molecule has 132 valence electrons. The summed E-state index contributed by atoms with van der Waals surface area (Å²) >= 11 is 8.99. The minimum absolute atomic E-state index is 0.345. The molecule has 0 aliphatic carbocycles. The Labute approximate surface area is 150 Å². The fraction of sp³-hybridized carbons (Fsp3) is 0.0667. The zero-order valence-electron chi connectivity index (χ0n) is 12.5. The predicted molar refractivity (Wildman–Crippen MR) is 90.2 cm³/mol. The van der Waals surface area contributed by atoms with Gasteiger partial charge in [-0.05, 0) is 24.4 Å². The van der Waals surface area contributed by atoms with Gasteiger partial charge in [0.15, 0.2) is 22.5 Å². The average molecular weight is 390 g/mol. The van der Waals surface area contributed by atoms with Crippen molar-refractivity contribution in [1.29, 1.82) is 0 Å². The standard InChI is InChI=1S/C15H10F4N2O2S2/c1-23-13-11(18)9(16)8(10(17)12(13)19)14(22)21-15(25)20-6-4-2-3-5-7(6)24/h2-5,24H,1H3,(H2,20,21,22,25). The van der Waals surface area contributed by atoms with Crippen molar-refractivity contribution in [3.05, 3.63) is 53.1 Å². The van der Waals surface area contributed by atoms with Crippen LogP contribution in [0.5, 0.6) is 5.75 Å². The van der Waals surface area contributed by atoms with Crippen molar-refractivity contribution >= 4 is 41.6 Å². The molecule has 0 heterocycles. The molecule has 2 aromatic rings. The predicted octanol–water partition coefficient (Wildman–Crippen LogP) is 3.67. The number of halogens is 4. The summed E-state index contributed by atoms with van der Waals surface area (Å²) in [5, 5.41) is 4.16. The molecule has 0 atom stereocenters. The Hall–Kier alpha value is -2.33. The molecule has 10 heteroatoms. The highest BCUT2D eigenvalue weighted by Gasteiger charge is 2.30. The van der Waals surface area contributed by atoms with Gasteiger partial charge in [0.2, 0.25) is 11.6 Å². The number of ether oxygens (including phenoxy) is 1. The quantitative estimate of drug-likeness (QED) is 0.324.